The molecule has 2 rings (SSSR count). The molecule has 1 heterocycles. The van der Waals surface area contributed by atoms with Crippen LogP contribution in [0.4, 0.5) is 5.69 Å². The Kier molecular flexibility index (Phi) is 3.84. The van der Waals surface area contributed by atoms with Gasteiger partial charge >= 0.3 is 0 Å². The van der Waals surface area contributed by atoms with E-state index in [-0.39, 0.29) is 0 Å². The number of halogens is 1. The second-order valence-electron chi connectivity index (χ2n) is 3.85. The Balaban J connectivity index is 2.08. The van der Waals surface area contributed by atoms with Crippen LogP contribution in [-0.4, -0.2) is 10.1 Å². The van der Waals surface area contributed by atoms with Gasteiger partial charge in [-0.05, 0) is 25.1 Å². The number of aryl methyl sites for hydroxylation is 1. The van der Waals surface area contributed by atoms with Crippen LogP contribution in [0.2, 0.25) is 5.02 Å². The highest BCUT2D eigenvalue weighted by atomic mass is 35.5. The van der Waals surface area contributed by atoms with Gasteiger partial charge in [-0.15, -0.1) is 0 Å². The number of anilines is 1. The fraction of sp³-hybridized carbons (Fsp3) is 0.167. The molecular weight excluding hydrogens is 270 g/mol. The van der Waals surface area contributed by atoms with E-state index in [1.54, 1.807) is 6.07 Å². The molecule has 0 saturated heterocycles. The van der Waals surface area contributed by atoms with Crippen molar-refractivity contribution in [3.05, 3.63) is 46.3 Å². The summed E-state index contributed by atoms with van der Waals surface area (Å²) in [7, 11) is 0. The van der Waals surface area contributed by atoms with Crippen molar-refractivity contribution in [2.24, 2.45) is 5.73 Å². The zero-order chi connectivity index (χ0) is 13.1. The first-order valence-corrected chi connectivity index (χ1v) is 6.10. The van der Waals surface area contributed by atoms with Crippen LogP contribution in [0.15, 0.2) is 28.8 Å². The summed E-state index contributed by atoms with van der Waals surface area (Å²) < 4.78 is 5.09. The van der Waals surface area contributed by atoms with E-state index < -0.39 is 0 Å². The molecule has 1 aromatic carbocycles. The van der Waals surface area contributed by atoms with Gasteiger partial charge in [0.15, 0.2) is 5.76 Å². The Morgan fingerprint density at radius 1 is 1.50 bits per heavy atom. The third-order valence-corrected chi connectivity index (χ3v) is 2.93. The van der Waals surface area contributed by atoms with Crippen molar-refractivity contribution in [1.82, 2.24) is 5.16 Å². The summed E-state index contributed by atoms with van der Waals surface area (Å²) in [6.45, 7) is 2.39. The van der Waals surface area contributed by atoms with E-state index in [1.165, 1.54) is 0 Å². The molecule has 0 aliphatic carbocycles. The van der Waals surface area contributed by atoms with Crippen molar-refractivity contribution >= 4 is 34.5 Å². The maximum absolute atomic E-state index is 6.12. The molecule has 0 aliphatic rings. The summed E-state index contributed by atoms with van der Waals surface area (Å²) in [5.41, 5.74) is 7.92. The van der Waals surface area contributed by atoms with E-state index >= 15 is 0 Å². The lowest BCUT2D eigenvalue weighted by molar-refractivity contribution is 0.384. The van der Waals surface area contributed by atoms with Crippen molar-refractivity contribution in [3.63, 3.8) is 0 Å². The molecule has 18 heavy (non-hydrogen) atoms. The lowest BCUT2D eigenvalue weighted by Crippen LogP contribution is -2.09. The van der Waals surface area contributed by atoms with Gasteiger partial charge in [0.2, 0.25) is 0 Å². The van der Waals surface area contributed by atoms with Crippen LogP contribution in [0.3, 0.4) is 0 Å². The Bertz CT molecular complexity index is 582. The molecule has 0 amide bonds. The third-order valence-electron chi connectivity index (χ3n) is 2.38. The lowest BCUT2D eigenvalue weighted by atomic mass is 10.2. The third kappa shape index (κ3) is 3.00. The highest BCUT2D eigenvalue weighted by Gasteiger charge is 2.05. The Morgan fingerprint density at radius 2 is 2.28 bits per heavy atom. The van der Waals surface area contributed by atoms with Crippen LogP contribution in [0.5, 0.6) is 0 Å². The van der Waals surface area contributed by atoms with E-state index in [9.17, 15) is 0 Å². The number of aromatic nitrogens is 1. The summed E-state index contributed by atoms with van der Waals surface area (Å²) in [6, 6.07) is 7.25. The normalized spacial score (nSPS) is 10.3. The average molecular weight is 282 g/mol. The number of nitrogens with two attached hydrogens (primary N) is 1. The molecule has 0 aliphatic heterocycles. The minimum atomic E-state index is 0.328. The Labute approximate surface area is 115 Å². The molecule has 4 nitrogen and oxygen atoms in total. The van der Waals surface area contributed by atoms with Gasteiger partial charge in [0.05, 0.1) is 22.9 Å². The number of nitrogens with zero attached hydrogens (tertiary/aromatic N) is 1. The van der Waals surface area contributed by atoms with E-state index in [0.717, 1.165) is 22.7 Å². The largest absolute Gasteiger partial charge is 0.389 e. The number of nitrogens with one attached hydrogen (secondary N) is 1. The van der Waals surface area contributed by atoms with Gasteiger partial charge in [-0.2, -0.15) is 0 Å². The van der Waals surface area contributed by atoms with Crippen LogP contribution >= 0.6 is 23.8 Å². The first-order chi connectivity index (χ1) is 8.56. The van der Waals surface area contributed by atoms with Gasteiger partial charge in [-0.25, -0.2) is 0 Å². The van der Waals surface area contributed by atoms with Crippen molar-refractivity contribution < 1.29 is 4.52 Å². The van der Waals surface area contributed by atoms with Crippen molar-refractivity contribution in [2.45, 2.75) is 13.5 Å². The van der Waals surface area contributed by atoms with Gasteiger partial charge in [-0.3, -0.25) is 0 Å². The smallest absolute Gasteiger partial charge is 0.156 e. The molecule has 94 valence electrons. The van der Waals surface area contributed by atoms with Crippen molar-refractivity contribution in [1.29, 1.82) is 0 Å². The fourth-order valence-corrected chi connectivity index (χ4v) is 1.87. The van der Waals surface area contributed by atoms with Crippen LogP contribution < -0.4 is 11.1 Å². The number of thiocarbonyl (C=S) groups is 1. The molecule has 2 aromatic rings. The minimum absolute atomic E-state index is 0.328. The number of hydrogen-bond acceptors (Lipinski definition) is 4. The summed E-state index contributed by atoms with van der Waals surface area (Å²) in [6.07, 6.45) is 0. The lowest BCUT2D eigenvalue weighted by Gasteiger charge is -2.07. The molecular formula is C12H12ClN3OS. The molecule has 0 saturated carbocycles. The van der Waals surface area contributed by atoms with Crippen molar-refractivity contribution in [3.8, 4) is 0 Å². The summed E-state index contributed by atoms with van der Waals surface area (Å²) in [5.74, 6) is 0.752. The predicted octanol–water partition coefficient (Wildman–Crippen LogP) is 2.88. The first kappa shape index (κ1) is 12.9. The van der Waals surface area contributed by atoms with Gasteiger partial charge in [0, 0.05) is 11.6 Å². The standard InChI is InChI=1S/C12H12ClN3OS/c1-7-4-9(17-16-7)6-15-11-3-2-8(12(14)18)5-10(11)13/h2-5,15H,6H2,1H3,(H2,14,18). The SMILES string of the molecule is Cc1cc(CNc2ccc(C(N)=S)cc2Cl)on1. The van der Waals surface area contributed by atoms with Crippen LogP contribution in [0.25, 0.3) is 0 Å². The summed E-state index contributed by atoms with van der Waals surface area (Å²) in [4.78, 5) is 0.328. The maximum atomic E-state index is 6.12. The van der Waals surface area contributed by atoms with Crippen LogP contribution in [0, 0.1) is 6.92 Å². The van der Waals surface area contributed by atoms with E-state index in [4.69, 9.17) is 34.1 Å². The molecule has 0 atom stereocenters. The Hall–Kier alpha value is -1.59. The molecule has 0 spiro atoms. The predicted molar refractivity (Wildman–Crippen MR) is 75.9 cm³/mol. The van der Waals surface area contributed by atoms with Gasteiger partial charge in [0.1, 0.15) is 4.99 Å². The first-order valence-electron chi connectivity index (χ1n) is 5.31. The minimum Gasteiger partial charge on any atom is -0.389 e. The zero-order valence-corrected chi connectivity index (χ0v) is 11.3. The van der Waals surface area contributed by atoms with Gasteiger partial charge < -0.3 is 15.6 Å². The maximum Gasteiger partial charge on any atom is 0.156 e. The number of benzene rings is 1. The molecule has 1 aromatic heterocycles. The summed E-state index contributed by atoms with van der Waals surface area (Å²) >= 11 is 11.0. The average Bonchev–Trinajstić information content (AvgIpc) is 2.73. The zero-order valence-electron chi connectivity index (χ0n) is 9.74. The highest BCUT2D eigenvalue weighted by molar-refractivity contribution is 7.80. The molecule has 0 radical (unpaired) electrons. The van der Waals surface area contributed by atoms with E-state index in [0.29, 0.717) is 16.6 Å². The van der Waals surface area contributed by atoms with Crippen LogP contribution in [-0.2, 0) is 6.54 Å². The Morgan fingerprint density at radius 3 is 2.83 bits per heavy atom. The topological polar surface area (TPSA) is 64.1 Å². The molecule has 3 N–H and O–H groups in total. The molecule has 0 fully saturated rings. The van der Waals surface area contributed by atoms with Crippen molar-refractivity contribution in [2.75, 3.05) is 5.32 Å². The molecule has 0 unspecified atom stereocenters. The monoisotopic (exact) mass is 281 g/mol. The molecule has 0 bridgehead atoms. The number of rotatable bonds is 4. The quantitative estimate of drug-likeness (QED) is 0.844. The molecule has 6 heteroatoms. The van der Waals surface area contributed by atoms with Gasteiger partial charge in [0.25, 0.3) is 0 Å². The second kappa shape index (κ2) is 5.37. The fourth-order valence-electron chi connectivity index (χ4n) is 1.49. The van der Waals surface area contributed by atoms with Gasteiger partial charge in [-0.1, -0.05) is 29.0 Å². The summed E-state index contributed by atoms with van der Waals surface area (Å²) in [5, 5.41) is 7.53. The highest BCUT2D eigenvalue weighted by Crippen LogP contribution is 2.23. The van der Waals surface area contributed by atoms with E-state index in [2.05, 4.69) is 10.5 Å². The second-order valence-corrected chi connectivity index (χ2v) is 4.69. The van der Waals surface area contributed by atoms with Crippen LogP contribution in [0.1, 0.15) is 17.0 Å². The number of hydrogen-bond donors (Lipinski definition) is 2. The van der Waals surface area contributed by atoms with E-state index in [1.807, 2.05) is 25.1 Å².